The van der Waals surface area contributed by atoms with Crippen molar-refractivity contribution in [3.63, 3.8) is 0 Å². The van der Waals surface area contributed by atoms with Gasteiger partial charge in [0.25, 0.3) is 0 Å². The smallest absolute Gasteiger partial charge is 0.189 e. The largest absolute Gasteiger partial charge is 0.508 e. The highest BCUT2D eigenvalue weighted by Crippen LogP contribution is 2.44. The molecule has 3 rings (SSSR count). The second-order valence-corrected chi connectivity index (χ2v) is 8.86. The number of phenols is 2. The van der Waals surface area contributed by atoms with Crippen LogP contribution >= 0.6 is 0 Å². The molecule has 31 heavy (non-hydrogen) atoms. The van der Waals surface area contributed by atoms with Gasteiger partial charge in [-0.25, -0.2) is 0 Å². The van der Waals surface area contributed by atoms with Crippen LogP contribution in [0.5, 0.6) is 11.5 Å². The minimum Gasteiger partial charge on any atom is -0.508 e. The number of benzene rings is 2. The molecular weight excluding hydrogens is 384 g/mol. The first-order chi connectivity index (χ1) is 14.8. The Balaban J connectivity index is 1.85. The van der Waals surface area contributed by atoms with E-state index in [2.05, 4.69) is 12.2 Å². The first-order valence-corrected chi connectivity index (χ1v) is 10.9. The summed E-state index contributed by atoms with van der Waals surface area (Å²) in [7, 11) is 0. The van der Waals surface area contributed by atoms with Crippen LogP contribution in [0.1, 0.15) is 79.1 Å². The lowest BCUT2D eigenvalue weighted by Crippen LogP contribution is -2.01. The minimum absolute atomic E-state index is 0.103. The van der Waals surface area contributed by atoms with E-state index in [1.807, 2.05) is 39.8 Å². The lowest BCUT2D eigenvalue weighted by molar-refractivity contribution is 0.104. The summed E-state index contributed by atoms with van der Waals surface area (Å²) in [5, 5.41) is 21.0. The van der Waals surface area contributed by atoms with E-state index >= 15 is 0 Å². The summed E-state index contributed by atoms with van der Waals surface area (Å²) in [6.07, 6.45) is 10.9. The zero-order chi connectivity index (χ0) is 22.5. The fraction of sp³-hybridized carbons (Fsp3) is 0.321. The molecule has 0 aromatic heterocycles. The van der Waals surface area contributed by atoms with Crippen LogP contribution in [-0.2, 0) is 12.8 Å². The molecule has 1 aliphatic carbocycles. The van der Waals surface area contributed by atoms with E-state index in [-0.39, 0.29) is 17.3 Å². The van der Waals surface area contributed by atoms with Gasteiger partial charge in [-0.3, -0.25) is 4.79 Å². The second kappa shape index (κ2) is 9.82. The number of hydrogen-bond donors (Lipinski definition) is 2. The summed E-state index contributed by atoms with van der Waals surface area (Å²) in [5.41, 5.74) is 6.40. The highest BCUT2D eigenvalue weighted by atomic mass is 16.3. The van der Waals surface area contributed by atoms with Crippen LogP contribution in [0.3, 0.4) is 0 Å². The van der Waals surface area contributed by atoms with Gasteiger partial charge in [0, 0.05) is 5.56 Å². The average molecular weight is 417 g/mol. The Hall–Kier alpha value is -3.07. The topological polar surface area (TPSA) is 57.5 Å². The first kappa shape index (κ1) is 22.6. The predicted molar refractivity (Wildman–Crippen MR) is 128 cm³/mol. The fourth-order valence-electron chi connectivity index (χ4n) is 3.60. The molecule has 0 heterocycles. The van der Waals surface area contributed by atoms with E-state index in [1.165, 1.54) is 17.2 Å². The number of phenolic OH excluding ortho intramolecular Hbond substituents is 2. The highest BCUT2D eigenvalue weighted by molar-refractivity contribution is 6.09. The van der Waals surface area contributed by atoms with Gasteiger partial charge in [-0.1, -0.05) is 41.5 Å². The molecule has 2 aromatic rings. The summed E-state index contributed by atoms with van der Waals surface area (Å²) in [6.45, 7) is 8.11. The Bertz CT molecular complexity index is 1060. The Labute approximate surface area is 185 Å². The lowest BCUT2D eigenvalue weighted by Gasteiger charge is -2.13. The van der Waals surface area contributed by atoms with Crippen molar-refractivity contribution in [2.24, 2.45) is 0 Å². The van der Waals surface area contributed by atoms with Crippen LogP contribution in [0.2, 0.25) is 0 Å². The van der Waals surface area contributed by atoms with Gasteiger partial charge in [0.2, 0.25) is 0 Å². The predicted octanol–water partition coefficient (Wildman–Crippen LogP) is 6.89. The summed E-state index contributed by atoms with van der Waals surface area (Å²) in [4.78, 5) is 12.9. The maximum absolute atomic E-state index is 12.9. The van der Waals surface area contributed by atoms with Crippen LogP contribution < -0.4 is 0 Å². The van der Waals surface area contributed by atoms with Crippen molar-refractivity contribution in [3.05, 3.63) is 87.5 Å². The molecule has 1 fully saturated rings. The van der Waals surface area contributed by atoms with Gasteiger partial charge in [-0.2, -0.15) is 0 Å². The summed E-state index contributed by atoms with van der Waals surface area (Å²) in [5.74, 6) is 0.629. The van der Waals surface area contributed by atoms with Crippen molar-refractivity contribution in [2.75, 3.05) is 0 Å². The molecule has 3 nitrogen and oxygen atoms in total. The van der Waals surface area contributed by atoms with Gasteiger partial charge < -0.3 is 10.2 Å². The molecule has 162 valence electrons. The first-order valence-electron chi connectivity index (χ1n) is 10.9. The lowest BCUT2D eigenvalue weighted by atomic mass is 9.94. The maximum Gasteiger partial charge on any atom is 0.189 e. The number of carbonyl (C=O) groups excluding carboxylic acids is 1. The Morgan fingerprint density at radius 2 is 1.65 bits per heavy atom. The van der Waals surface area contributed by atoms with E-state index in [1.54, 1.807) is 24.3 Å². The molecule has 0 aliphatic heterocycles. The van der Waals surface area contributed by atoms with E-state index in [4.69, 9.17) is 0 Å². The van der Waals surface area contributed by atoms with Crippen molar-refractivity contribution in [3.8, 4) is 11.5 Å². The zero-order valence-electron chi connectivity index (χ0n) is 18.9. The molecular formula is C28H32O3. The van der Waals surface area contributed by atoms with Crippen molar-refractivity contribution in [1.29, 1.82) is 0 Å². The maximum atomic E-state index is 12.9. The molecule has 0 atom stereocenters. The standard InChI is InChI=1S/C28H32O3/c1-18(2)5-9-22-17-20(7-15-26(22)29)8-16-27(30)25-14-13-23(21-10-11-21)24(28(25)31)12-6-19(3)4/h5-8,13-17,21,29,31H,9-12H2,1-4H3/b16-8+. The summed E-state index contributed by atoms with van der Waals surface area (Å²) < 4.78 is 0. The van der Waals surface area contributed by atoms with Gasteiger partial charge >= 0.3 is 0 Å². The molecule has 0 bridgehead atoms. The van der Waals surface area contributed by atoms with Crippen LogP contribution in [0.25, 0.3) is 6.08 Å². The normalized spacial score (nSPS) is 13.3. The summed E-state index contributed by atoms with van der Waals surface area (Å²) >= 11 is 0. The van der Waals surface area contributed by atoms with Gasteiger partial charge in [0.05, 0.1) is 5.56 Å². The number of aromatic hydroxyl groups is 2. The van der Waals surface area contributed by atoms with Crippen LogP contribution in [0.15, 0.2) is 59.7 Å². The zero-order valence-corrected chi connectivity index (χ0v) is 18.9. The van der Waals surface area contributed by atoms with Gasteiger partial charge in [-0.05, 0) is 100 Å². The van der Waals surface area contributed by atoms with E-state index in [0.29, 0.717) is 24.3 Å². The van der Waals surface area contributed by atoms with E-state index in [0.717, 1.165) is 35.1 Å². The van der Waals surface area contributed by atoms with Crippen LogP contribution in [0, 0.1) is 0 Å². The van der Waals surface area contributed by atoms with Gasteiger partial charge in [-0.15, -0.1) is 0 Å². The third-order valence-electron chi connectivity index (χ3n) is 5.58. The number of rotatable bonds is 8. The third-order valence-corrected chi connectivity index (χ3v) is 5.58. The molecule has 1 aliphatic rings. The van der Waals surface area contributed by atoms with Crippen LogP contribution in [0.4, 0.5) is 0 Å². The van der Waals surface area contributed by atoms with Crippen molar-refractivity contribution in [1.82, 2.24) is 0 Å². The number of ketones is 1. The van der Waals surface area contributed by atoms with Crippen molar-refractivity contribution in [2.45, 2.75) is 59.3 Å². The Morgan fingerprint density at radius 3 is 2.29 bits per heavy atom. The SMILES string of the molecule is CC(C)=CCc1cc(/C=C/C(=O)c2ccc(C3CC3)c(CC=C(C)C)c2O)ccc1O. The second-order valence-electron chi connectivity index (χ2n) is 8.86. The molecule has 2 N–H and O–H groups in total. The van der Waals surface area contributed by atoms with Crippen LogP contribution in [-0.4, -0.2) is 16.0 Å². The Kier molecular flexibility index (Phi) is 7.17. The third kappa shape index (κ3) is 5.97. The number of carbonyl (C=O) groups is 1. The molecule has 2 aromatic carbocycles. The molecule has 0 radical (unpaired) electrons. The number of allylic oxidation sites excluding steroid dienone is 5. The molecule has 0 saturated heterocycles. The number of hydrogen-bond acceptors (Lipinski definition) is 3. The molecule has 0 amide bonds. The molecule has 0 spiro atoms. The fourth-order valence-corrected chi connectivity index (χ4v) is 3.60. The van der Waals surface area contributed by atoms with Crippen molar-refractivity contribution < 1.29 is 15.0 Å². The Morgan fingerprint density at radius 1 is 0.968 bits per heavy atom. The molecule has 0 unspecified atom stereocenters. The van der Waals surface area contributed by atoms with E-state index < -0.39 is 0 Å². The van der Waals surface area contributed by atoms with Crippen molar-refractivity contribution >= 4 is 11.9 Å². The molecule has 1 saturated carbocycles. The van der Waals surface area contributed by atoms with Gasteiger partial charge in [0.1, 0.15) is 11.5 Å². The molecule has 3 heteroatoms. The monoisotopic (exact) mass is 416 g/mol. The van der Waals surface area contributed by atoms with E-state index in [9.17, 15) is 15.0 Å². The summed E-state index contributed by atoms with van der Waals surface area (Å²) in [6, 6.07) is 9.07. The van der Waals surface area contributed by atoms with Gasteiger partial charge in [0.15, 0.2) is 5.78 Å². The quantitative estimate of drug-likeness (QED) is 0.280. The average Bonchev–Trinajstić information content (AvgIpc) is 3.55. The highest BCUT2D eigenvalue weighted by Gasteiger charge is 2.28. The minimum atomic E-state index is -0.225.